The average Bonchev–Trinajstić information content (AvgIpc) is 2.28. The second-order valence-corrected chi connectivity index (χ2v) is 3.46. The topological polar surface area (TPSA) is 21.3 Å². The molecule has 0 fully saturated rings. The SMILES string of the molecule is CCOc1ccccc1NC/C(C)=C/Cl. The maximum Gasteiger partial charge on any atom is 0.142 e. The summed E-state index contributed by atoms with van der Waals surface area (Å²) in [5.74, 6) is 0.877. The lowest BCUT2D eigenvalue weighted by molar-refractivity contribution is 0.342. The van der Waals surface area contributed by atoms with Crippen molar-refractivity contribution in [2.24, 2.45) is 0 Å². The summed E-state index contributed by atoms with van der Waals surface area (Å²) in [6, 6.07) is 7.88. The molecule has 0 aliphatic heterocycles. The van der Waals surface area contributed by atoms with Gasteiger partial charge in [-0.1, -0.05) is 23.7 Å². The molecule has 3 heteroatoms. The van der Waals surface area contributed by atoms with Gasteiger partial charge in [0.2, 0.25) is 0 Å². The largest absolute Gasteiger partial charge is 0.492 e. The number of para-hydroxylation sites is 2. The van der Waals surface area contributed by atoms with Crippen LogP contribution in [0.25, 0.3) is 0 Å². The summed E-state index contributed by atoms with van der Waals surface area (Å²) in [5, 5.41) is 3.27. The molecule has 0 saturated carbocycles. The van der Waals surface area contributed by atoms with E-state index in [1.807, 2.05) is 38.1 Å². The standard InChI is InChI=1S/C12H16ClNO/c1-3-15-12-7-5-4-6-11(12)14-9-10(2)8-13/h4-8,14H,3,9H2,1-2H3/b10-8+. The summed E-state index contributed by atoms with van der Waals surface area (Å²) in [7, 11) is 0. The van der Waals surface area contributed by atoms with Crippen LogP contribution in [-0.2, 0) is 0 Å². The molecular formula is C12H16ClNO. The molecule has 1 aromatic carbocycles. The van der Waals surface area contributed by atoms with E-state index in [-0.39, 0.29) is 0 Å². The van der Waals surface area contributed by atoms with E-state index in [0.717, 1.165) is 23.6 Å². The van der Waals surface area contributed by atoms with Crippen LogP contribution in [-0.4, -0.2) is 13.2 Å². The Bertz CT molecular complexity index is 336. The molecule has 1 N–H and O–H groups in total. The van der Waals surface area contributed by atoms with Crippen molar-refractivity contribution in [2.75, 3.05) is 18.5 Å². The zero-order chi connectivity index (χ0) is 11.1. The van der Waals surface area contributed by atoms with Crippen molar-refractivity contribution in [3.63, 3.8) is 0 Å². The molecule has 2 nitrogen and oxygen atoms in total. The smallest absolute Gasteiger partial charge is 0.142 e. The van der Waals surface area contributed by atoms with Crippen LogP contribution in [0.4, 0.5) is 5.69 Å². The molecule has 0 spiro atoms. The Morgan fingerprint density at radius 2 is 2.20 bits per heavy atom. The third-order valence-electron chi connectivity index (χ3n) is 1.93. The molecule has 0 atom stereocenters. The van der Waals surface area contributed by atoms with Crippen LogP contribution in [0.15, 0.2) is 35.4 Å². The van der Waals surface area contributed by atoms with Crippen molar-refractivity contribution in [3.05, 3.63) is 35.4 Å². The minimum atomic E-state index is 0.670. The van der Waals surface area contributed by atoms with Crippen LogP contribution >= 0.6 is 11.6 Å². The Balaban J connectivity index is 2.66. The van der Waals surface area contributed by atoms with Gasteiger partial charge in [-0.05, 0) is 31.6 Å². The Hall–Kier alpha value is -1.15. The summed E-state index contributed by atoms with van der Waals surface area (Å²) in [5.41, 5.74) is 3.66. The molecule has 0 amide bonds. The fraction of sp³-hybridized carbons (Fsp3) is 0.333. The molecule has 0 aliphatic carbocycles. The van der Waals surface area contributed by atoms with Crippen molar-refractivity contribution < 1.29 is 4.74 Å². The summed E-state index contributed by atoms with van der Waals surface area (Å²) in [4.78, 5) is 0. The molecule has 0 aliphatic rings. The van der Waals surface area contributed by atoms with E-state index in [1.54, 1.807) is 5.54 Å². The van der Waals surface area contributed by atoms with Crippen molar-refractivity contribution in [1.82, 2.24) is 0 Å². The van der Waals surface area contributed by atoms with Gasteiger partial charge in [0.15, 0.2) is 0 Å². The van der Waals surface area contributed by atoms with Gasteiger partial charge in [0.05, 0.1) is 12.3 Å². The van der Waals surface area contributed by atoms with E-state index in [9.17, 15) is 0 Å². The Morgan fingerprint density at radius 1 is 1.47 bits per heavy atom. The highest BCUT2D eigenvalue weighted by Crippen LogP contribution is 2.23. The molecule has 0 aromatic heterocycles. The molecule has 0 saturated heterocycles. The number of benzene rings is 1. The summed E-state index contributed by atoms with van der Waals surface area (Å²) in [6.07, 6.45) is 0. The molecular weight excluding hydrogens is 210 g/mol. The Morgan fingerprint density at radius 3 is 2.87 bits per heavy atom. The molecule has 0 radical (unpaired) electrons. The first-order valence-electron chi connectivity index (χ1n) is 4.99. The first kappa shape index (κ1) is 11.9. The molecule has 0 unspecified atom stereocenters. The van der Waals surface area contributed by atoms with Crippen LogP contribution in [0.1, 0.15) is 13.8 Å². The van der Waals surface area contributed by atoms with E-state index in [0.29, 0.717) is 6.61 Å². The van der Waals surface area contributed by atoms with Crippen LogP contribution in [0.3, 0.4) is 0 Å². The lowest BCUT2D eigenvalue weighted by Gasteiger charge is -2.11. The molecule has 15 heavy (non-hydrogen) atoms. The first-order chi connectivity index (χ1) is 7.27. The minimum Gasteiger partial charge on any atom is -0.492 e. The normalized spacial score (nSPS) is 11.3. The average molecular weight is 226 g/mol. The molecule has 0 heterocycles. The zero-order valence-corrected chi connectivity index (χ0v) is 9.84. The molecule has 1 rings (SSSR count). The van der Waals surface area contributed by atoms with E-state index in [2.05, 4.69) is 5.32 Å². The number of hydrogen-bond acceptors (Lipinski definition) is 2. The van der Waals surface area contributed by atoms with Crippen molar-refractivity contribution in [1.29, 1.82) is 0 Å². The van der Waals surface area contributed by atoms with Gasteiger partial charge in [-0.25, -0.2) is 0 Å². The monoisotopic (exact) mass is 225 g/mol. The number of rotatable bonds is 5. The fourth-order valence-electron chi connectivity index (χ4n) is 1.17. The number of halogens is 1. The van der Waals surface area contributed by atoms with Crippen LogP contribution < -0.4 is 10.1 Å². The van der Waals surface area contributed by atoms with Gasteiger partial charge in [-0.15, -0.1) is 0 Å². The van der Waals surface area contributed by atoms with E-state index in [4.69, 9.17) is 16.3 Å². The minimum absolute atomic E-state index is 0.670. The number of hydrogen-bond donors (Lipinski definition) is 1. The first-order valence-corrected chi connectivity index (χ1v) is 5.43. The summed E-state index contributed by atoms with van der Waals surface area (Å²) < 4.78 is 5.49. The second-order valence-electron chi connectivity index (χ2n) is 3.24. The highest BCUT2D eigenvalue weighted by molar-refractivity contribution is 6.25. The van der Waals surface area contributed by atoms with E-state index in [1.165, 1.54) is 0 Å². The molecule has 82 valence electrons. The van der Waals surface area contributed by atoms with E-state index < -0.39 is 0 Å². The predicted molar refractivity (Wildman–Crippen MR) is 65.7 cm³/mol. The number of nitrogens with one attached hydrogen (secondary N) is 1. The maximum absolute atomic E-state index is 5.59. The van der Waals surface area contributed by atoms with Gasteiger partial charge in [0.25, 0.3) is 0 Å². The van der Waals surface area contributed by atoms with Gasteiger partial charge in [-0.3, -0.25) is 0 Å². The van der Waals surface area contributed by atoms with E-state index >= 15 is 0 Å². The third-order valence-corrected chi connectivity index (χ3v) is 2.30. The van der Waals surface area contributed by atoms with Crippen molar-refractivity contribution in [2.45, 2.75) is 13.8 Å². The van der Waals surface area contributed by atoms with Crippen LogP contribution in [0.2, 0.25) is 0 Å². The van der Waals surface area contributed by atoms with Gasteiger partial charge in [0.1, 0.15) is 5.75 Å². The van der Waals surface area contributed by atoms with Crippen LogP contribution in [0.5, 0.6) is 5.75 Å². The third kappa shape index (κ3) is 3.84. The van der Waals surface area contributed by atoms with Crippen molar-refractivity contribution in [3.8, 4) is 5.75 Å². The number of anilines is 1. The van der Waals surface area contributed by atoms with Crippen LogP contribution in [0, 0.1) is 0 Å². The lowest BCUT2D eigenvalue weighted by Crippen LogP contribution is -2.04. The quantitative estimate of drug-likeness (QED) is 0.826. The lowest BCUT2D eigenvalue weighted by atomic mass is 10.2. The Kier molecular flexibility index (Phi) is 5.05. The number of ether oxygens (including phenoxy) is 1. The Labute approximate surface area is 95.9 Å². The zero-order valence-electron chi connectivity index (χ0n) is 9.09. The van der Waals surface area contributed by atoms with Crippen molar-refractivity contribution >= 4 is 17.3 Å². The fourth-order valence-corrected chi connectivity index (χ4v) is 1.24. The highest BCUT2D eigenvalue weighted by Gasteiger charge is 2.00. The highest BCUT2D eigenvalue weighted by atomic mass is 35.5. The van der Waals surface area contributed by atoms with Gasteiger partial charge in [-0.2, -0.15) is 0 Å². The molecule has 0 bridgehead atoms. The second kappa shape index (κ2) is 6.36. The van der Waals surface area contributed by atoms with Gasteiger partial charge in [0, 0.05) is 12.1 Å². The summed E-state index contributed by atoms with van der Waals surface area (Å²) >= 11 is 5.59. The predicted octanol–water partition coefficient (Wildman–Crippen LogP) is 3.64. The molecule has 1 aromatic rings. The van der Waals surface area contributed by atoms with Gasteiger partial charge >= 0.3 is 0 Å². The van der Waals surface area contributed by atoms with Gasteiger partial charge < -0.3 is 10.1 Å². The summed E-state index contributed by atoms with van der Waals surface area (Å²) in [6.45, 7) is 5.35. The maximum atomic E-state index is 5.59.